The molecule has 228 valence electrons. The molecule has 2 saturated heterocycles. The maximum Gasteiger partial charge on any atom is 0.248 e. The molecule has 10 heteroatoms. The largest absolute Gasteiger partial charge is 0.391 e. The van der Waals surface area contributed by atoms with Crippen molar-refractivity contribution in [1.82, 2.24) is 30.1 Å². The number of β-amino-alcohol motifs (C(OH)–C–C–N with tert-alkyl or cyclic N) is 1. The van der Waals surface area contributed by atoms with Gasteiger partial charge in [-0.3, -0.25) is 14.5 Å². The number of nitrogens with one attached hydrogen (secondary N) is 1. The van der Waals surface area contributed by atoms with Gasteiger partial charge in [-0.25, -0.2) is 9.07 Å². The Morgan fingerprint density at radius 3 is 2.53 bits per heavy atom. The van der Waals surface area contributed by atoms with Crippen LogP contribution in [-0.4, -0.2) is 79.5 Å². The average Bonchev–Trinajstić information content (AvgIpc) is 3.36. The lowest BCUT2D eigenvalue weighted by Crippen LogP contribution is -2.53. The van der Waals surface area contributed by atoms with Gasteiger partial charge in [0.2, 0.25) is 11.8 Å². The van der Waals surface area contributed by atoms with Crippen LogP contribution in [0.5, 0.6) is 0 Å². The molecule has 1 aromatic heterocycles. The Labute approximate surface area is 252 Å². The van der Waals surface area contributed by atoms with Crippen molar-refractivity contribution in [3.05, 3.63) is 83.4 Å². The quantitative estimate of drug-likeness (QED) is 0.417. The van der Waals surface area contributed by atoms with Gasteiger partial charge >= 0.3 is 0 Å². The molecule has 0 spiro atoms. The van der Waals surface area contributed by atoms with Gasteiger partial charge in [-0.15, -0.1) is 5.10 Å². The van der Waals surface area contributed by atoms with E-state index in [0.717, 1.165) is 29.7 Å². The van der Waals surface area contributed by atoms with Crippen LogP contribution in [0.25, 0.3) is 0 Å². The number of benzene rings is 2. The number of halogens is 1. The minimum absolute atomic E-state index is 0.0752. The molecule has 9 nitrogen and oxygen atoms in total. The summed E-state index contributed by atoms with van der Waals surface area (Å²) in [6, 6.07) is 14.9. The van der Waals surface area contributed by atoms with Gasteiger partial charge in [-0.2, -0.15) is 0 Å². The van der Waals surface area contributed by atoms with Crippen molar-refractivity contribution in [2.45, 2.75) is 82.6 Å². The lowest BCUT2D eigenvalue weighted by molar-refractivity contribution is -0.144. The van der Waals surface area contributed by atoms with E-state index in [9.17, 15) is 19.1 Å². The summed E-state index contributed by atoms with van der Waals surface area (Å²) in [6.07, 6.45) is 3.36. The van der Waals surface area contributed by atoms with E-state index < -0.39 is 23.6 Å². The van der Waals surface area contributed by atoms with Crippen LogP contribution < -0.4 is 5.32 Å². The first kappa shape index (κ1) is 29.4. The Morgan fingerprint density at radius 1 is 1.07 bits per heavy atom. The monoisotopic (exact) mass is 588 g/mol. The fourth-order valence-corrected chi connectivity index (χ4v) is 6.68. The summed E-state index contributed by atoms with van der Waals surface area (Å²) in [5.41, 5.74) is 2.37. The standard InChI is InChI=1S/C33H41FN6O3/c1-33(2,3)30(40-20-27(36-37-40)22-12-13-22)32(43)39-17-25(41)15-29(39)31(42)35-28-19-38(16-21-8-5-4-6-9-21)18-26(28)23-10-7-11-24(34)14-23/h4-11,14,20,22,25-26,28-30,41H,12-13,15-19H2,1-3H3,(H,35,42)/t25?,26-,28+,29?,30+/m0/s1. The zero-order valence-corrected chi connectivity index (χ0v) is 25.1. The first-order valence-corrected chi connectivity index (χ1v) is 15.3. The van der Waals surface area contributed by atoms with Gasteiger partial charge in [0.05, 0.1) is 11.8 Å². The predicted octanol–water partition coefficient (Wildman–Crippen LogP) is 3.63. The van der Waals surface area contributed by atoms with Crippen LogP contribution >= 0.6 is 0 Å². The van der Waals surface area contributed by atoms with Crippen LogP contribution in [0.3, 0.4) is 0 Å². The summed E-state index contributed by atoms with van der Waals surface area (Å²) in [5, 5.41) is 22.5. The molecule has 0 radical (unpaired) electrons. The molecule has 2 aromatic carbocycles. The van der Waals surface area contributed by atoms with Crippen molar-refractivity contribution in [1.29, 1.82) is 0 Å². The van der Waals surface area contributed by atoms with Crippen molar-refractivity contribution in [2.24, 2.45) is 5.41 Å². The molecule has 3 aromatic rings. The Kier molecular flexibility index (Phi) is 8.08. The minimum Gasteiger partial charge on any atom is -0.391 e. The number of nitrogens with zero attached hydrogens (tertiary/aromatic N) is 5. The van der Waals surface area contributed by atoms with Crippen LogP contribution in [0.15, 0.2) is 60.8 Å². The molecule has 3 fully saturated rings. The normalized spacial score (nSPS) is 25.2. The zero-order chi connectivity index (χ0) is 30.3. The lowest BCUT2D eigenvalue weighted by Gasteiger charge is -2.35. The van der Waals surface area contributed by atoms with E-state index in [1.54, 1.807) is 10.7 Å². The molecular formula is C33H41FN6O3. The first-order valence-electron chi connectivity index (χ1n) is 15.3. The molecular weight excluding hydrogens is 547 g/mol. The number of likely N-dealkylation sites (tertiary alicyclic amines) is 2. The molecule has 1 aliphatic carbocycles. The summed E-state index contributed by atoms with van der Waals surface area (Å²) in [7, 11) is 0. The first-order chi connectivity index (χ1) is 20.6. The van der Waals surface area contributed by atoms with E-state index in [0.29, 0.717) is 25.6 Å². The molecule has 2 unspecified atom stereocenters. The second-order valence-corrected chi connectivity index (χ2v) is 13.5. The SMILES string of the molecule is CC(C)(C)[C@@H](C(=O)N1CC(O)CC1C(=O)N[C@@H]1CN(Cc2ccccc2)C[C@H]1c1cccc(F)c1)n1cc(C2CC2)nn1. The molecule has 2 amide bonds. The van der Waals surface area contributed by atoms with Crippen LogP contribution in [-0.2, 0) is 16.1 Å². The number of aliphatic hydroxyl groups is 1. The number of amides is 2. The predicted molar refractivity (Wildman–Crippen MR) is 159 cm³/mol. The van der Waals surface area contributed by atoms with Crippen molar-refractivity contribution < 1.29 is 19.1 Å². The Balaban J connectivity index is 1.22. The number of hydrogen-bond acceptors (Lipinski definition) is 6. The van der Waals surface area contributed by atoms with Crippen LogP contribution in [0.4, 0.5) is 4.39 Å². The molecule has 1 saturated carbocycles. The van der Waals surface area contributed by atoms with E-state index in [1.165, 1.54) is 17.0 Å². The number of carbonyl (C=O) groups is 2. The van der Waals surface area contributed by atoms with Gasteiger partial charge in [0.1, 0.15) is 17.9 Å². The van der Waals surface area contributed by atoms with Crippen LogP contribution in [0, 0.1) is 11.2 Å². The molecule has 2 aliphatic heterocycles. The third-order valence-electron chi connectivity index (χ3n) is 8.96. The maximum absolute atomic E-state index is 14.3. The van der Waals surface area contributed by atoms with Gasteiger partial charge < -0.3 is 15.3 Å². The fourth-order valence-electron chi connectivity index (χ4n) is 6.68. The van der Waals surface area contributed by atoms with E-state index in [2.05, 4.69) is 32.7 Å². The van der Waals surface area contributed by atoms with Crippen molar-refractivity contribution in [2.75, 3.05) is 19.6 Å². The molecule has 6 rings (SSSR count). The summed E-state index contributed by atoms with van der Waals surface area (Å²) < 4.78 is 15.9. The Hall–Kier alpha value is -3.63. The smallest absolute Gasteiger partial charge is 0.248 e. The number of rotatable bonds is 8. The van der Waals surface area contributed by atoms with Gasteiger partial charge in [-0.1, -0.05) is 68.4 Å². The number of hydrogen-bond donors (Lipinski definition) is 2. The molecule has 3 aliphatic rings. The van der Waals surface area contributed by atoms with E-state index >= 15 is 0 Å². The lowest BCUT2D eigenvalue weighted by atomic mass is 9.85. The zero-order valence-electron chi connectivity index (χ0n) is 25.1. The third-order valence-corrected chi connectivity index (χ3v) is 8.96. The van der Waals surface area contributed by atoms with Crippen LogP contribution in [0.1, 0.15) is 74.7 Å². The molecule has 2 N–H and O–H groups in total. The minimum atomic E-state index is -0.824. The summed E-state index contributed by atoms with van der Waals surface area (Å²) in [5.74, 6) is -0.600. The van der Waals surface area contributed by atoms with E-state index in [-0.39, 0.29) is 42.6 Å². The third kappa shape index (κ3) is 6.50. The number of aliphatic hydroxyl groups excluding tert-OH is 1. The van der Waals surface area contributed by atoms with Gasteiger partial charge in [0.25, 0.3) is 0 Å². The van der Waals surface area contributed by atoms with Gasteiger partial charge in [-0.05, 0) is 41.5 Å². The molecule has 5 atom stereocenters. The fraction of sp³-hybridized carbons (Fsp3) is 0.515. The van der Waals surface area contributed by atoms with Crippen molar-refractivity contribution in [3.63, 3.8) is 0 Å². The highest BCUT2D eigenvalue weighted by atomic mass is 19.1. The summed E-state index contributed by atoms with van der Waals surface area (Å²) >= 11 is 0. The summed E-state index contributed by atoms with van der Waals surface area (Å²) in [4.78, 5) is 31.9. The second kappa shape index (κ2) is 11.8. The molecule has 0 bridgehead atoms. The summed E-state index contributed by atoms with van der Waals surface area (Å²) in [6.45, 7) is 7.93. The molecule has 3 heterocycles. The average molecular weight is 589 g/mol. The van der Waals surface area contributed by atoms with E-state index in [4.69, 9.17) is 0 Å². The highest BCUT2D eigenvalue weighted by Gasteiger charge is 2.46. The van der Waals surface area contributed by atoms with Crippen molar-refractivity contribution in [3.8, 4) is 0 Å². The maximum atomic E-state index is 14.3. The highest BCUT2D eigenvalue weighted by molar-refractivity contribution is 5.90. The molecule has 43 heavy (non-hydrogen) atoms. The Bertz CT molecular complexity index is 1450. The van der Waals surface area contributed by atoms with Gasteiger partial charge in [0.15, 0.2) is 0 Å². The topological polar surface area (TPSA) is 104 Å². The van der Waals surface area contributed by atoms with Crippen LogP contribution in [0.2, 0.25) is 0 Å². The van der Waals surface area contributed by atoms with Gasteiger partial charge in [0, 0.05) is 56.7 Å². The number of aromatic nitrogens is 3. The number of carbonyl (C=O) groups excluding carboxylic acids is 2. The Morgan fingerprint density at radius 2 is 1.84 bits per heavy atom. The highest BCUT2D eigenvalue weighted by Crippen LogP contribution is 2.40. The van der Waals surface area contributed by atoms with E-state index in [1.807, 2.05) is 51.2 Å². The second-order valence-electron chi connectivity index (χ2n) is 13.5. The van der Waals surface area contributed by atoms with Crippen molar-refractivity contribution >= 4 is 11.8 Å².